The summed E-state index contributed by atoms with van der Waals surface area (Å²) >= 11 is 0. The lowest BCUT2D eigenvalue weighted by atomic mass is 9.73. The number of hydrogen-bond donors (Lipinski definition) is 1. The number of amides is 1. The van der Waals surface area contributed by atoms with Gasteiger partial charge in [0.25, 0.3) is 0 Å². The summed E-state index contributed by atoms with van der Waals surface area (Å²) in [5.41, 5.74) is 6.92. The van der Waals surface area contributed by atoms with Gasteiger partial charge in [-0.15, -0.1) is 0 Å². The van der Waals surface area contributed by atoms with Crippen LogP contribution in [0.2, 0.25) is 0 Å². The molecule has 7 heteroatoms. The molecule has 1 fully saturated rings. The molecule has 1 amide bonds. The van der Waals surface area contributed by atoms with Gasteiger partial charge in [-0.05, 0) is 124 Å². The van der Waals surface area contributed by atoms with Gasteiger partial charge in [0.2, 0.25) is 5.91 Å². The Balaban J connectivity index is 0.00000179. The second kappa shape index (κ2) is 34.3. The number of benzene rings is 1. The fourth-order valence-corrected chi connectivity index (χ4v) is 8.20. The standard InChI is InChI=1S/C41H58FN3O.C7H16.C6H12O2.C4H10/c1-10-17-31-25-34(26-31)45-39-28-33(20-21-35(39)41(22-13-4,23-14-5)40(45)46)32(18-11-2)27-38(43-24-15-6)29(8)30(9)44-37(19-12-3)36(42)16-7;1-3-5-7-6-4-2;1-4-5(2)6(7)8-3;1-4(2)3/h12,16,18-21,24,27-28,31,34,44H,7,10-11,13-15,17,22-23,25-26H2,1-6,8-9H3;3-7H2,1-2H3;5H,4H2,1-3H3;4H,1-3H3/b19-12-,30-29+,32-18-,37-36-,38-27+,43-24?;;;. The highest BCUT2D eigenvalue weighted by Gasteiger charge is 2.53. The molecule has 0 saturated heterocycles. The van der Waals surface area contributed by atoms with Gasteiger partial charge in [0.1, 0.15) is 5.83 Å². The number of hydrogen-bond acceptors (Lipinski definition) is 5. The van der Waals surface area contributed by atoms with Crippen molar-refractivity contribution in [2.24, 2.45) is 22.7 Å². The van der Waals surface area contributed by atoms with E-state index in [0.29, 0.717) is 17.5 Å². The van der Waals surface area contributed by atoms with Gasteiger partial charge in [-0.25, -0.2) is 4.39 Å². The number of nitrogens with zero attached hydrogens (tertiary/aromatic N) is 2. The van der Waals surface area contributed by atoms with Crippen molar-refractivity contribution < 1.29 is 18.7 Å². The first kappa shape index (κ1) is 61.0. The number of methoxy groups -OCH3 is 1. The van der Waals surface area contributed by atoms with Crippen molar-refractivity contribution in [1.29, 1.82) is 0 Å². The predicted octanol–water partition coefficient (Wildman–Crippen LogP) is 17.3. The maximum atomic E-state index is 14.6. The number of unbranched alkanes of at least 4 members (excludes halogenated alkanes) is 4. The largest absolute Gasteiger partial charge is 0.469 e. The summed E-state index contributed by atoms with van der Waals surface area (Å²) in [7, 11) is 1.41. The molecule has 0 spiro atoms. The van der Waals surface area contributed by atoms with E-state index in [1.165, 1.54) is 63.7 Å². The number of fused-ring (bicyclic) bond motifs is 1. The molecule has 1 aliphatic heterocycles. The van der Waals surface area contributed by atoms with E-state index >= 15 is 0 Å². The molecule has 1 aliphatic carbocycles. The van der Waals surface area contributed by atoms with Crippen molar-refractivity contribution in [1.82, 2.24) is 5.32 Å². The van der Waals surface area contributed by atoms with E-state index in [1.54, 1.807) is 12.2 Å². The molecule has 1 aromatic carbocycles. The second-order valence-electron chi connectivity index (χ2n) is 18.6. The number of nitrogens with one attached hydrogen (secondary N) is 1. The van der Waals surface area contributed by atoms with Gasteiger partial charge < -0.3 is 15.0 Å². The number of carbonyl (C=O) groups is 2. The molecule has 1 heterocycles. The third kappa shape index (κ3) is 20.2. The lowest BCUT2D eigenvalue weighted by Gasteiger charge is -2.42. The number of halogens is 1. The van der Waals surface area contributed by atoms with E-state index in [9.17, 15) is 14.0 Å². The van der Waals surface area contributed by atoms with Crippen LogP contribution in [0.15, 0.2) is 88.6 Å². The summed E-state index contributed by atoms with van der Waals surface area (Å²) in [6.07, 6.45) is 28.9. The fourth-order valence-electron chi connectivity index (χ4n) is 8.20. The smallest absolute Gasteiger partial charge is 0.308 e. The number of anilines is 1. The molecule has 0 aromatic heterocycles. The third-order valence-electron chi connectivity index (χ3n) is 12.0. The number of aliphatic imine (C=N–C) groups is 1. The van der Waals surface area contributed by atoms with Crippen LogP contribution in [0, 0.1) is 17.8 Å². The summed E-state index contributed by atoms with van der Waals surface area (Å²) in [5, 5.41) is 3.23. The molecule has 65 heavy (non-hydrogen) atoms. The average molecular weight is 902 g/mol. The van der Waals surface area contributed by atoms with Crippen LogP contribution >= 0.6 is 0 Å². The van der Waals surface area contributed by atoms with Crippen molar-refractivity contribution in [3.8, 4) is 0 Å². The van der Waals surface area contributed by atoms with E-state index in [2.05, 4.69) is 121 Å². The predicted molar refractivity (Wildman–Crippen MR) is 283 cm³/mol. The van der Waals surface area contributed by atoms with Crippen LogP contribution in [0.4, 0.5) is 10.1 Å². The van der Waals surface area contributed by atoms with E-state index in [1.807, 2.05) is 40.8 Å². The summed E-state index contributed by atoms with van der Waals surface area (Å²) in [5.74, 6) is 1.39. The molecule has 1 aromatic rings. The Kier molecular flexibility index (Phi) is 32.2. The van der Waals surface area contributed by atoms with E-state index in [-0.39, 0.29) is 17.9 Å². The molecule has 0 radical (unpaired) electrons. The van der Waals surface area contributed by atoms with Gasteiger partial charge >= 0.3 is 5.97 Å². The van der Waals surface area contributed by atoms with Crippen LogP contribution in [0.25, 0.3) is 5.57 Å². The Morgan fingerprint density at radius 2 is 1.54 bits per heavy atom. The molecule has 0 bridgehead atoms. The average Bonchev–Trinajstić information content (AvgIpc) is 3.50. The van der Waals surface area contributed by atoms with E-state index in [4.69, 9.17) is 4.99 Å². The monoisotopic (exact) mass is 902 g/mol. The lowest BCUT2D eigenvalue weighted by Crippen LogP contribution is -2.50. The highest BCUT2D eigenvalue weighted by molar-refractivity contribution is 6.09. The summed E-state index contributed by atoms with van der Waals surface area (Å²) in [4.78, 5) is 32.0. The van der Waals surface area contributed by atoms with Crippen LogP contribution in [0.5, 0.6) is 0 Å². The molecule has 2 aliphatic rings. The van der Waals surface area contributed by atoms with Crippen LogP contribution in [0.3, 0.4) is 0 Å². The zero-order valence-corrected chi connectivity index (χ0v) is 44.5. The van der Waals surface area contributed by atoms with Gasteiger partial charge in [0.05, 0.1) is 29.8 Å². The van der Waals surface area contributed by atoms with Gasteiger partial charge in [0.15, 0.2) is 0 Å². The molecule has 1 atom stereocenters. The molecule has 1 N–H and O–H groups in total. The molecular weight excluding hydrogens is 806 g/mol. The maximum absolute atomic E-state index is 14.6. The minimum Gasteiger partial charge on any atom is -0.469 e. The summed E-state index contributed by atoms with van der Waals surface area (Å²) in [6.45, 7) is 35.1. The van der Waals surface area contributed by atoms with Crippen molar-refractivity contribution in [2.75, 3.05) is 12.0 Å². The minimum atomic E-state index is -0.435. The first-order valence-electron chi connectivity index (χ1n) is 25.6. The maximum Gasteiger partial charge on any atom is 0.308 e. The van der Waals surface area contributed by atoms with E-state index in [0.717, 1.165) is 97.5 Å². The summed E-state index contributed by atoms with van der Waals surface area (Å²) < 4.78 is 19.0. The molecule has 1 unspecified atom stereocenters. The van der Waals surface area contributed by atoms with Crippen molar-refractivity contribution in [3.63, 3.8) is 0 Å². The first-order valence-corrected chi connectivity index (χ1v) is 25.6. The van der Waals surface area contributed by atoms with Crippen LogP contribution in [-0.2, 0) is 19.7 Å². The van der Waals surface area contributed by atoms with Gasteiger partial charge in [-0.1, -0.05) is 172 Å². The van der Waals surface area contributed by atoms with Crippen molar-refractivity contribution >= 4 is 29.4 Å². The van der Waals surface area contributed by atoms with Gasteiger partial charge in [-0.2, -0.15) is 0 Å². The molecule has 368 valence electrons. The SMILES string of the molecule is C=C/C(F)=C(\C=C/C)N/C(C)=C(C)/C(=C\C(=C\CC)c1ccc2c(c1)N(C1CC(CCC)C1)C(=O)C2(CCC)CCC)N=CCC.CC(C)C.CCC(C)C(=O)OC.CCCCCCC. The topological polar surface area (TPSA) is 71.0 Å². The zero-order valence-electron chi connectivity index (χ0n) is 44.5. The Bertz CT molecular complexity index is 1730. The zero-order chi connectivity index (χ0) is 49.5. The van der Waals surface area contributed by atoms with Crippen molar-refractivity contribution in [3.05, 3.63) is 94.8 Å². The van der Waals surface area contributed by atoms with Crippen molar-refractivity contribution in [2.45, 2.75) is 218 Å². The number of allylic oxidation sites excluding steroid dienone is 9. The Hall–Kier alpha value is -4.00. The van der Waals surface area contributed by atoms with Gasteiger partial charge in [0, 0.05) is 23.6 Å². The minimum absolute atomic E-state index is 0.0556. The molecule has 3 rings (SSSR count). The van der Waals surface area contributed by atoms with E-state index < -0.39 is 11.2 Å². The lowest BCUT2D eigenvalue weighted by molar-refractivity contribution is -0.144. The molecule has 1 saturated carbocycles. The Morgan fingerprint density at radius 1 is 0.938 bits per heavy atom. The van der Waals surface area contributed by atoms with Crippen LogP contribution in [0.1, 0.15) is 218 Å². The highest BCUT2D eigenvalue weighted by Crippen LogP contribution is 2.52. The first-order chi connectivity index (χ1) is 31.0. The number of esters is 1. The third-order valence-corrected chi connectivity index (χ3v) is 12.0. The van der Waals surface area contributed by atoms with Crippen LogP contribution < -0.4 is 10.2 Å². The molecular formula is C58H96FN3O3. The normalized spacial score (nSPS) is 18.0. The highest BCUT2D eigenvalue weighted by atomic mass is 19.1. The quantitative estimate of drug-likeness (QED) is 0.0514. The Morgan fingerprint density at radius 3 is 1.98 bits per heavy atom. The number of rotatable bonds is 23. The second-order valence-corrected chi connectivity index (χ2v) is 18.6. The molecule has 6 nitrogen and oxygen atoms in total. The number of ether oxygens (including phenoxy) is 1. The Labute approximate surface area is 399 Å². The van der Waals surface area contributed by atoms with Gasteiger partial charge in [-0.3, -0.25) is 14.6 Å². The van der Waals surface area contributed by atoms with Crippen LogP contribution in [-0.4, -0.2) is 31.2 Å². The summed E-state index contributed by atoms with van der Waals surface area (Å²) in [6, 6.07) is 6.99. The fraction of sp³-hybridized carbons (Fsp3) is 0.638. The number of carbonyl (C=O) groups excluding carboxylic acids is 2.